The zero-order valence-electron chi connectivity index (χ0n) is 16.9. The normalized spacial score (nSPS) is 10.6. The molecule has 0 aliphatic heterocycles. The Labute approximate surface area is 169 Å². The minimum absolute atomic E-state index is 0.0890. The Morgan fingerprint density at radius 1 is 1.00 bits per heavy atom. The predicted octanol–water partition coefficient (Wildman–Crippen LogP) is 4.09. The molecule has 29 heavy (non-hydrogen) atoms. The molecule has 0 saturated heterocycles. The minimum Gasteiger partial charge on any atom is -0.497 e. The van der Waals surface area contributed by atoms with Gasteiger partial charge in [0.2, 0.25) is 0 Å². The topological polar surface area (TPSA) is 75.9 Å². The second-order valence-electron chi connectivity index (χ2n) is 7.06. The van der Waals surface area contributed by atoms with E-state index in [0.717, 1.165) is 22.1 Å². The number of nitrogens with zero attached hydrogens (tertiary/aromatic N) is 3. The fourth-order valence-electron chi connectivity index (χ4n) is 3.25. The number of hydrogen-bond donors (Lipinski definition) is 0. The van der Waals surface area contributed by atoms with E-state index >= 15 is 0 Å². The fraction of sp³-hybridized carbons (Fsp3) is 0.227. The number of nitro benzene ring substituents is 1. The van der Waals surface area contributed by atoms with Gasteiger partial charge < -0.3 is 14.5 Å². The van der Waals surface area contributed by atoms with Crippen molar-refractivity contribution in [3.8, 4) is 5.75 Å². The quantitative estimate of drug-likeness (QED) is 0.466. The second kappa shape index (κ2) is 8.18. The predicted molar refractivity (Wildman–Crippen MR) is 114 cm³/mol. The van der Waals surface area contributed by atoms with Gasteiger partial charge in [-0.3, -0.25) is 14.9 Å². The number of carbonyl (C=O) groups excluding carboxylic acids is 1. The van der Waals surface area contributed by atoms with Gasteiger partial charge in [0.15, 0.2) is 0 Å². The number of benzene rings is 3. The van der Waals surface area contributed by atoms with Gasteiger partial charge in [-0.2, -0.15) is 0 Å². The molecule has 0 atom stereocenters. The van der Waals surface area contributed by atoms with Crippen molar-refractivity contribution >= 4 is 28.1 Å². The van der Waals surface area contributed by atoms with Crippen molar-refractivity contribution in [3.05, 3.63) is 75.8 Å². The molecular formula is C22H23N3O4. The van der Waals surface area contributed by atoms with Crippen LogP contribution < -0.4 is 9.64 Å². The lowest BCUT2D eigenvalue weighted by atomic mass is 10.1. The van der Waals surface area contributed by atoms with Crippen molar-refractivity contribution < 1.29 is 14.5 Å². The summed E-state index contributed by atoms with van der Waals surface area (Å²) in [6.45, 7) is 0.393. The van der Waals surface area contributed by atoms with Crippen LogP contribution in [0.1, 0.15) is 15.9 Å². The van der Waals surface area contributed by atoms with Gasteiger partial charge in [0.05, 0.1) is 12.0 Å². The van der Waals surface area contributed by atoms with Gasteiger partial charge >= 0.3 is 0 Å². The van der Waals surface area contributed by atoms with Crippen molar-refractivity contribution in [1.82, 2.24) is 4.90 Å². The molecule has 0 spiro atoms. The number of amides is 1. The molecule has 0 aliphatic carbocycles. The second-order valence-corrected chi connectivity index (χ2v) is 7.06. The third kappa shape index (κ3) is 4.29. The maximum Gasteiger partial charge on any atom is 0.293 e. The number of rotatable bonds is 6. The summed E-state index contributed by atoms with van der Waals surface area (Å²) in [5.74, 6) is 0.522. The lowest BCUT2D eigenvalue weighted by molar-refractivity contribution is -0.384. The van der Waals surface area contributed by atoms with Gasteiger partial charge in [0.1, 0.15) is 11.4 Å². The monoisotopic (exact) mass is 393 g/mol. The lowest BCUT2D eigenvalue weighted by Gasteiger charge is -2.19. The highest BCUT2D eigenvalue weighted by atomic mass is 16.6. The molecule has 0 N–H and O–H groups in total. The Balaban J connectivity index is 1.82. The van der Waals surface area contributed by atoms with Gasteiger partial charge in [0.25, 0.3) is 11.6 Å². The number of methoxy groups -OCH3 is 1. The fourth-order valence-corrected chi connectivity index (χ4v) is 3.25. The van der Waals surface area contributed by atoms with Gasteiger partial charge in [0, 0.05) is 39.3 Å². The Hall–Kier alpha value is -3.61. The lowest BCUT2D eigenvalue weighted by Crippen LogP contribution is -2.26. The standard InChI is InChI=1S/C22H23N3O4/c1-23(2)20-10-8-18(13-21(20)25(27)28)22(26)24(3)14-15-5-6-17-12-19(29-4)9-7-16(17)11-15/h5-13H,14H2,1-4H3. The third-order valence-electron chi connectivity index (χ3n) is 4.78. The van der Waals surface area contributed by atoms with E-state index in [4.69, 9.17) is 4.74 Å². The smallest absolute Gasteiger partial charge is 0.293 e. The summed E-state index contributed by atoms with van der Waals surface area (Å²) in [6.07, 6.45) is 0. The molecule has 0 heterocycles. The van der Waals surface area contributed by atoms with Crippen molar-refractivity contribution in [3.63, 3.8) is 0 Å². The van der Waals surface area contributed by atoms with Crippen LogP contribution in [0.5, 0.6) is 5.75 Å². The van der Waals surface area contributed by atoms with Crippen LogP contribution in [0, 0.1) is 10.1 Å². The van der Waals surface area contributed by atoms with E-state index in [-0.39, 0.29) is 17.2 Å². The van der Waals surface area contributed by atoms with E-state index in [1.54, 1.807) is 50.2 Å². The highest BCUT2D eigenvalue weighted by Crippen LogP contribution is 2.28. The SMILES string of the molecule is COc1ccc2cc(CN(C)C(=O)c3ccc(N(C)C)c([N+](=O)[O-])c3)ccc2c1. The molecule has 1 amide bonds. The van der Waals surface area contributed by atoms with Crippen LogP contribution in [0.25, 0.3) is 10.8 Å². The van der Waals surface area contributed by atoms with Crippen LogP contribution in [0.3, 0.4) is 0 Å². The largest absolute Gasteiger partial charge is 0.497 e. The molecule has 3 aromatic carbocycles. The summed E-state index contributed by atoms with van der Waals surface area (Å²) in [5.41, 5.74) is 1.63. The average molecular weight is 393 g/mol. The number of nitro groups is 1. The molecule has 3 aromatic rings. The van der Waals surface area contributed by atoms with Crippen LogP contribution in [-0.4, -0.2) is 44.0 Å². The molecule has 150 valence electrons. The van der Waals surface area contributed by atoms with E-state index in [9.17, 15) is 14.9 Å². The van der Waals surface area contributed by atoms with Crippen molar-refractivity contribution in [2.45, 2.75) is 6.54 Å². The first kappa shape index (κ1) is 20.1. The molecule has 0 bridgehead atoms. The summed E-state index contributed by atoms with van der Waals surface area (Å²) in [5, 5.41) is 13.5. The molecule has 7 heteroatoms. The first-order valence-corrected chi connectivity index (χ1v) is 9.08. The average Bonchev–Trinajstić information content (AvgIpc) is 2.72. The number of ether oxygens (including phenoxy) is 1. The molecule has 3 rings (SSSR count). The van der Waals surface area contributed by atoms with Crippen molar-refractivity contribution in [1.29, 1.82) is 0 Å². The van der Waals surface area contributed by atoms with Crippen LogP contribution in [0.2, 0.25) is 0 Å². The Bertz CT molecular complexity index is 1080. The van der Waals surface area contributed by atoms with E-state index < -0.39 is 4.92 Å². The third-order valence-corrected chi connectivity index (χ3v) is 4.78. The molecule has 0 aromatic heterocycles. The van der Waals surface area contributed by atoms with Gasteiger partial charge in [-0.15, -0.1) is 0 Å². The molecule has 0 radical (unpaired) electrons. The molecule has 0 saturated carbocycles. The van der Waals surface area contributed by atoms with Gasteiger partial charge in [-0.1, -0.05) is 18.2 Å². The van der Waals surface area contributed by atoms with Crippen LogP contribution in [0.4, 0.5) is 11.4 Å². The Kier molecular flexibility index (Phi) is 5.68. The minimum atomic E-state index is -0.469. The zero-order chi connectivity index (χ0) is 21.1. The van der Waals surface area contributed by atoms with Crippen LogP contribution in [0.15, 0.2) is 54.6 Å². The number of fused-ring (bicyclic) bond motifs is 1. The van der Waals surface area contributed by atoms with Crippen molar-refractivity contribution in [2.24, 2.45) is 0 Å². The van der Waals surface area contributed by atoms with E-state index in [2.05, 4.69) is 0 Å². The van der Waals surface area contributed by atoms with Gasteiger partial charge in [-0.05, 0) is 46.7 Å². The van der Waals surface area contributed by atoms with E-state index in [0.29, 0.717) is 12.2 Å². The van der Waals surface area contributed by atoms with E-state index in [1.807, 2.05) is 36.4 Å². The maximum absolute atomic E-state index is 12.8. The summed E-state index contributed by atoms with van der Waals surface area (Å²) in [7, 11) is 6.77. The number of hydrogen-bond acceptors (Lipinski definition) is 5. The number of carbonyl (C=O) groups is 1. The summed E-state index contributed by atoms with van der Waals surface area (Å²) in [4.78, 5) is 26.9. The highest BCUT2D eigenvalue weighted by Gasteiger charge is 2.20. The molecule has 7 nitrogen and oxygen atoms in total. The maximum atomic E-state index is 12.8. The van der Waals surface area contributed by atoms with Gasteiger partial charge in [-0.25, -0.2) is 0 Å². The zero-order valence-corrected chi connectivity index (χ0v) is 16.9. The van der Waals surface area contributed by atoms with E-state index in [1.165, 1.54) is 6.07 Å². The summed E-state index contributed by atoms with van der Waals surface area (Å²) < 4.78 is 5.24. The molecule has 0 fully saturated rings. The first-order chi connectivity index (χ1) is 13.8. The Morgan fingerprint density at radius 2 is 1.69 bits per heavy atom. The summed E-state index contributed by atoms with van der Waals surface area (Å²) in [6, 6.07) is 16.4. The molecule has 0 aliphatic rings. The number of anilines is 1. The highest BCUT2D eigenvalue weighted by molar-refractivity contribution is 5.95. The molecule has 0 unspecified atom stereocenters. The Morgan fingerprint density at radius 3 is 2.34 bits per heavy atom. The van der Waals surface area contributed by atoms with Crippen molar-refractivity contribution in [2.75, 3.05) is 33.2 Å². The van der Waals surface area contributed by atoms with Crippen LogP contribution >= 0.6 is 0 Å². The van der Waals surface area contributed by atoms with Crippen LogP contribution in [-0.2, 0) is 6.54 Å². The first-order valence-electron chi connectivity index (χ1n) is 9.08. The summed E-state index contributed by atoms with van der Waals surface area (Å²) >= 11 is 0. The molecular weight excluding hydrogens is 370 g/mol.